The summed E-state index contributed by atoms with van der Waals surface area (Å²) in [5.74, 6) is -0.109. The smallest absolute Gasteiger partial charge is 0.295 e. The Morgan fingerprint density at radius 1 is 1.00 bits per heavy atom. The molecule has 2 heterocycles. The van der Waals surface area contributed by atoms with Crippen LogP contribution in [0.4, 0.5) is 5.69 Å². The van der Waals surface area contributed by atoms with Crippen LogP contribution >= 0.6 is 11.8 Å². The second-order valence-corrected chi connectivity index (χ2v) is 10.2. The Balaban J connectivity index is 1.64. The summed E-state index contributed by atoms with van der Waals surface area (Å²) in [5, 5.41) is 3.26. The average molecular weight is 492 g/mol. The maximum Gasteiger partial charge on any atom is 0.295 e. The maximum absolute atomic E-state index is 13.2. The van der Waals surface area contributed by atoms with E-state index in [1.165, 1.54) is 16.4 Å². The highest BCUT2D eigenvalue weighted by atomic mass is 32.2. The molecule has 35 heavy (non-hydrogen) atoms. The van der Waals surface area contributed by atoms with Crippen molar-refractivity contribution in [3.8, 4) is 5.69 Å². The van der Waals surface area contributed by atoms with Gasteiger partial charge in [0.15, 0.2) is 5.16 Å². The molecule has 0 aliphatic carbocycles. The Morgan fingerprint density at radius 2 is 1.66 bits per heavy atom. The van der Waals surface area contributed by atoms with E-state index < -0.39 is 5.25 Å². The minimum Gasteiger partial charge on any atom is -0.319 e. The van der Waals surface area contributed by atoms with Gasteiger partial charge in [0.25, 0.3) is 11.1 Å². The molecule has 1 atom stereocenters. The third kappa shape index (κ3) is 4.81. The summed E-state index contributed by atoms with van der Waals surface area (Å²) in [7, 11) is 1.78. The average Bonchev–Trinajstić information content (AvgIpc) is 3.04. The van der Waals surface area contributed by atoms with E-state index in [2.05, 4.69) is 10.3 Å². The van der Waals surface area contributed by atoms with Crippen molar-refractivity contribution in [3.63, 3.8) is 0 Å². The highest BCUT2D eigenvalue weighted by molar-refractivity contribution is 8.00. The predicted molar refractivity (Wildman–Crippen MR) is 141 cm³/mol. The van der Waals surface area contributed by atoms with Crippen LogP contribution in [0.5, 0.6) is 0 Å². The zero-order valence-electron chi connectivity index (χ0n) is 20.5. The largest absolute Gasteiger partial charge is 0.319 e. The summed E-state index contributed by atoms with van der Waals surface area (Å²) in [4.78, 5) is 44.2. The quantitative estimate of drug-likeness (QED) is 0.312. The van der Waals surface area contributed by atoms with Crippen molar-refractivity contribution >= 4 is 34.3 Å². The van der Waals surface area contributed by atoms with E-state index in [9.17, 15) is 14.4 Å². The van der Waals surface area contributed by atoms with Crippen LogP contribution in [0, 0.1) is 12.8 Å². The maximum atomic E-state index is 13.2. The van der Waals surface area contributed by atoms with Crippen LogP contribution < -0.4 is 16.4 Å². The van der Waals surface area contributed by atoms with Crippen LogP contribution in [0.1, 0.15) is 26.5 Å². The normalized spacial score (nSPS) is 12.3. The Morgan fingerprint density at radius 3 is 2.34 bits per heavy atom. The SMILES string of the molecule is Cc1c(NC(=O)C(C)Sc2nc3ccccc3c(=O)n2CC(C)C)c(=O)n(-c2ccccc2)n1C. The van der Waals surface area contributed by atoms with Crippen molar-refractivity contribution in [3.05, 3.63) is 81.0 Å². The zero-order chi connectivity index (χ0) is 25.3. The predicted octanol–water partition coefficient (Wildman–Crippen LogP) is 3.97. The number of carbonyl (C=O) groups excluding carboxylic acids is 1. The molecule has 2 aromatic heterocycles. The van der Waals surface area contributed by atoms with Gasteiger partial charge in [0, 0.05) is 13.6 Å². The molecule has 1 amide bonds. The van der Waals surface area contributed by atoms with E-state index in [-0.39, 0.29) is 28.6 Å². The number of rotatable bonds is 7. The number of thioether (sulfide) groups is 1. The third-order valence-electron chi connectivity index (χ3n) is 5.83. The second-order valence-electron chi connectivity index (χ2n) is 8.91. The fourth-order valence-electron chi connectivity index (χ4n) is 3.91. The molecule has 4 aromatic rings. The lowest BCUT2D eigenvalue weighted by atomic mass is 10.2. The standard InChI is InChI=1S/C26H29N5O3S/c1-16(2)15-30-24(33)20-13-9-10-14-21(20)27-26(30)35-18(4)23(32)28-22-17(3)29(5)31(25(22)34)19-11-7-6-8-12-19/h6-14,16,18H,15H2,1-5H3,(H,28,32). The van der Waals surface area contributed by atoms with Crippen molar-refractivity contribution in [1.82, 2.24) is 18.9 Å². The number of hydrogen-bond acceptors (Lipinski definition) is 5. The molecule has 0 saturated carbocycles. The first-order valence-electron chi connectivity index (χ1n) is 11.5. The molecule has 0 fully saturated rings. The van der Waals surface area contributed by atoms with Gasteiger partial charge in [-0.2, -0.15) is 0 Å². The lowest BCUT2D eigenvalue weighted by molar-refractivity contribution is -0.115. The number of carbonyl (C=O) groups is 1. The molecular weight excluding hydrogens is 462 g/mol. The minimum absolute atomic E-state index is 0.121. The summed E-state index contributed by atoms with van der Waals surface area (Å²) in [6, 6.07) is 16.5. The molecule has 1 unspecified atom stereocenters. The van der Waals surface area contributed by atoms with Gasteiger partial charge < -0.3 is 5.32 Å². The monoisotopic (exact) mass is 491 g/mol. The summed E-state index contributed by atoms with van der Waals surface area (Å²) in [6.45, 7) is 8.09. The molecule has 0 spiro atoms. The molecule has 0 bridgehead atoms. The van der Waals surface area contributed by atoms with Crippen molar-refractivity contribution < 1.29 is 4.79 Å². The van der Waals surface area contributed by atoms with Crippen molar-refractivity contribution in [2.45, 2.75) is 44.6 Å². The molecule has 0 saturated heterocycles. The molecule has 8 nitrogen and oxygen atoms in total. The van der Waals surface area contributed by atoms with Gasteiger partial charge >= 0.3 is 0 Å². The lowest BCUT2D eigenvalue weighted by Crippen LogP contribution is -2.29. The Bertz CT molecular complexity index is 1500. The highest BCUT2D eigenvalue weighted by Gasteiger charge is 2.23. The number of nitrogens with zero attached hydrogens (tertiary/aromatic N) is 4. The molecule has 1 N–H and O–H groups in total. The first-order valence-corrected chi connectivity index (χ1v) is 12.4. The van der Waals surface area contributed by atoms with E-state index in [0.29, 0.717) is 34.0 Å². The van der Waals surface area contributed by atoms with Gasteiger partial charge in [-0.3, -0.25) is 23.6 Å². The van der Waals surface area contributed by atoms with Crippen molar-refractivity contribution in [2.75, 3.05) is 5.32 Å². The van der Waals surface area contributed by atoms with E-state index in [0.717, 1.165) is 0 Å². The van der Waals surface area contributed by atoms with Gasteiger partial charge in [0.1, 0.15) is 5.69 Å². The highest BCUT2D eigenvalue weighted by Crippen LogP contribution is 2.25. The molecular formula is C26H29N5O3S. The summed E-state index contributed by atoms with van der Waals surface area (Å²) < 4.78 is 4.88. The van der Waals surface area contributed by atoms with E-state index in [1.54, 1.807) is 42.3 Å². The first kappa shape index (κ1) is 24.5. The number of aromatic nitrogens is 4. The van der Waals surface area contributed by atoms with Crippen LogP contribution in [0.2, 0.25) is 0 Å². The number of para-hydroxylation sites is 2. The number of fused-ring (bicyclic) bond motifs is 1. The Kier molecular flexibility index (Phi) is 6.98. The van der Waals surface area contributed by atoms with Gasteiger partial charge in [-0.1, -0.05) is 55.9 Å². The van der Waals surface area contributed by atoms with Crippen LogP contribution in [-0.4, -0.2) is 30.1 Å². The third-order valence-corrected chi connectivity index (χ3v) is 6.92. The fraction of sp³-hybridized carbons (Fsp3) is 0.308. The fourth-order valence-corrected chi connectivity index (χ4v) is 4.83. The van der Waals surface area contributed by atoms with E-state index in [1.807, 2.05) is 56.3 Å². The molecule has 2 aromatic carbocycles. The second kappa shape index (κ2) is 9.95. The van der Waals surface area contributed by atoms with Crippen molar-refractivity contribution in [2.24, 2.45) is 13.0 Å². The molecule has 0 radical (unpaired) electrons. The van der Waals surface area contributed by atoms with Gasteiger partial charge in [-0.05, 0) is 44.0 Å². The number of nitrogens with one attached hydrogen (secondary N) is 1. The molecule has 182 valence electrons. The van der Waals surface area contributed by atoms with Gasteiger partial charge in [0.05, 0.1) is 27.5 Å². The van der Waals surface area contributed by atoms with Gasteiger partial charge in [0.2, 0.25) is 5.91 Å². The summed E-state index contributed by atoms with van der Waals surface area (Å²) >= 11 is 1.21. The van der Waals surface area contributed by atoms with Crippen LogP contribution in [0.15, 0.2) is 69.3 Å². The molecule has 0 aliphatic rings. The van der Waals surface area contributed by atoms with Crippen LogP contribution in [0.25, 0.3) is 16.6 Å². The number of anilines is 1. The molecule has 0 aliphatic heterocycles. The summed E-state index contributed by atoms with van der Waals surface area (Å²) in [6.07, 6.45) is 0. The molecule has 9 heteroatoms. The number of hydrogen-bond donors (Lipinski definition) is 1. The Hall–Kier alpha value is -3.59. The van der Waals surface area contributed by atoms with Crippen molar-refractivity contribution in [1.29, 1.82) is 0 Å². The first-order chi connectivity index (χ1) is 16.7. The van der Waals surface area contributed by atoms with Gasteiger partial charge in [-0.25, -0.2) is 9.67 Å². The zero-order valence-corrected chi connectivity index (χ0v) is 21.3. The summed E-state index contributed by atoms with van der Waals surface area (Å²) in [5.41, 5.74) is 1.76. The topological polar surface area (TPSA) is 90.9 Å². The Labute approximate surface area is 207 Å². The molecule has 4 rings (SSSR count). The lowest BCUT2D eigenvalue weighted by Gasteiger charge is -2.17. The van der Waals surface area contributed by atoms with Gasteiger partial charge in [-0.15, -0.1) is 0 Å². The van der Waals surface area contributed by atoms with Crippen LogP contribution in [-0.2, 0) is 18.4 Å². The van der Waals surface area contributed by atoms with Crippen LogP contribution in [0.3, 0.4) is 0 Å². The minimum atomic E-state index is -0.592. The number of amides is 1. The van der Waals surface area contributed by atoms with E-state index in [4.69, 9.17) is 0 Å². The van der Waals surface area contributed by atoms with E-state index >= 15 is 0 Å². The number of benzene rings is 2.